The van der Waals surface area contributed by atoms with Gasteiger partial charge in [-0.25, -0.2) is 0 Å². The van der Waals surface area contributed by atoms with Crippen molar-refractivity contribution in [1.29, 1.82) is 0 Å². The molecule has 36 heavy (non-hydrogen) atoms. The first-order valence-corrected chi connectivity index (χ1v) is 13.0. The number of carbonyl (C=O) groups excluding carboxylic acids is 3. The second-order valence-electron chi connectivity index (χ2n) is 9.64. The molecule has 0 aromatic heterocycles. The third-order valence-electron chi connectivity index (χ3n) is 6.61. The number of nitrogens with one attached hydrogen (secondary N) is 1. The van der Waals surface area contributed by atoms with E-state index in [1.165, 1.54) is 0 Å². The zero-order valence-electron chi connectivity index (χ0n) is 21.6. The topological polar surface area (TPSA) is 95.9 Å². The molecule has 0 radical (unpaired) electrons. The monoisotopic (exact) mass is 498 g/mol. The van der Waals surface area contributed by atoms with Crippen molar-refractivity contribution in [1.82, 2.24) is 10.2 Å². The van der Waals surface area contributed by atoms with E-state index in [0.29, 0.717) is 19.4 Å². The van der Waals surface area contributed by atoms with E-state index in [1.54, 1.807) is 17.9 Å². The van der Waals surface area contributed by atoms with Gasteiger partial charge in [-0.3, -0.25) is 14.4 Å². The zero-order chi connectivity index (χ0) is 26.3. The Morgan fingerprint density at radius 2 is 1.94 bits per heavy atom. The van der Waals surface area contributed by atoms with Gasteiger partial charge in [-0.15, -0.1) is 13.2 Å². The van der Waals surface area contributed by atoms with Crippen molar-refractivity contribution in [2.24, 2.45) is 11.8 Å². The molecule has 2 amide bonds. The van der Waals surface area contributed by atoms with Crippen LogP contribution in [0.4, 0.5) is 0 Å². The van der Waals surface area contributed by atoms with Gasteiger partial charge < -0.3 is 20.1 Å². The van der Waals surface area contributed by atoms with Crippen LogP contribution in [0.5, 0.6) is 0 Å². The molecule has 2 rings (SSSR count). The molecule has 7 nitrogen and oxygen atoms in total. The first-order chi connectivity index (χ1) is 17.4. The lowest BCUT2D eigenvalue weighted by Crippen LogP contribution is -2.44. The number of unbranched alkanes of at least 4 members (excludes halogenated alkanes) is 1. The molecule has 2 N–H and O–H groups in total. The van der Waals surface area contributed by atoms with Crippen molar-refractivity contribution in [3.63, 3.8) is 0 Å². The predicted molar refractivity (Wildman–Crippen MR) is 141 cm³/mol. The first kappa shape index (κ1) is 29.3. The summed E-state index contributed by atoms with van der Waals surface area (Å²) in [5.41, 5.74) is 1.09. The molecule has 1 aliphatic heterocycles. The second kappa shape index (κ2) is 15.9. The van der Waals surface area contributed by atoms with E-state index in [4.69, 9.17) is 4.74 Å². The summed E-state index contributed by atoms with van der Waals surface area (Å²) in [7, 11) is 0. The Morgan fingerprint density at radius 3 is 2.61 bits per heavy atom. The van der Waals surface area contributed by atoms with E-state index >= 15 is 0 Å². The van der Waals surface area contributed by atoms with Gasteiger partial charge in [-0.1, -0.05) is 42.5 Å². The van der Waals surface area contributed by atoms with Crippen LogP contribution in [0.15, 0.2) is 55.6 Å². The summed E-state index contributed by atoms with van der Waals surface area (Å²) in [6.07, 6.45) is 8.55. The molecule has 0 saturated carbocycles. The van der Waals surface area contributed by atoms with Crippen LogP contribution >= 0.6 is 0 Å². The third kappa shape index (κ3) is 9.61. The minimum atomic E-state index is -0.533. The maximum Gasteiger partial charge on any atom is 0.309 e. The Hall–Kier alpha value is -2.93. The van der Waals surface area contributed by atoms with Crippen LogP contribution in [0.25, 0.3) is 0 Å². The lowest BCUT2D eigenvalue weighted by atomic mass is 9.94. The Labute approximate surface area is 215 Å². The van der Waals surface area contributed by atoms with Crippen molar-refractivity contribution in [2.75, 3.05) is 19.8 Å². The van der Waals surface area contributed by atoms with E-state index < -0.39 is 5.92 Å². The van der Waals surface area contributed by atoms with Gasteiger partial charge in [0.15, 0.2) is 0 Å². The molecular formula is C29H42N2O5. The first-order valence-electron chi connectivity index (χ1n) is 13.0. The van der Waals surface area contributed by atoms with Crippen LogP contribution in [0, 0.1) is 11.8 Å². The Kier molecular flexibility index (Phi) is 13.0. The molecule has 0 bridgehead atoms. The minimum absolute atomic E-state index is 0.0284. The van der Waals surface area contributed by atoms with Crippen LogP contribution in [0.1, 0.15) is 57.4 Å². The van der Waals surface area contributed by atoms with Crippen LogP contribution < -0.4 is 5.32 Å². The molecule has 1 fully saturated rings. The number of allylic oxidation sites excluding steroid dienone is 2. The predicted octanol–water partition coefficient (Wildman–Crippen LogP) is 3.82. The zero-order valence-corrected chi connectivity index (χ0v) is 21.6. The van der Waals surface area contributed by atoms with E-state index in [1.807, 2.05) is 36.4 Å². The molecule has 0 spiro atoms. The minimum Gasteiger partial charge on any atom is -0.463 e. The number of aliphatic hydroxyl groups is 1. The smallest absolute Gasteiger partial charge is 0.309 e. The highest BCUT2D eigenvalue weighted by Gasteiger charge is 2.35. The van der Waals surface area contributed by atoms with E-state index in [-0.39, 0.29) is 55.4 Å². The molecule has 0 unspecified atom stereocenters. The van der Waals surface area contributed by atoms with Crippen LogP contribution in [-0.4, -0.2) is 59.6 Å². The molecule has 4 atom stereocenters. The number of benzene rings is 1. The maximum atomic E-state index is 13.3. The van der Waals surface area contributed by atoms with Crippen molar-refractivity contribution >= 4 is 17.8 Å². The van der Waals surface area contributed by atoms with Gasteiger partial charge in [0, 0.05) is 19.0 Å². The van der Waals surface area contributed by atoms with Crippen LogP contribution in [0.3, 0.4) is 0 Å². The molecule has 1 saturated heterocycles. The van der Waals surface area contributed by atoms with Crippen molar-refractivity contribution in [3.8, 4) is 0 Å². The fourth-order valence-electron chi connectivity index (χ4n) is 4.62. The van der Waals surface area contributed by atoms with Gasteiger partial charge in [0.05, 0.1) is 24.5 Å². The highest BCUT2D eigenvalue weighted by atomic mass is 16.5. The molecule has 0 aliphatic carbocycles. The summed E-state index contributed by atoms with van der Waals surface area (Å²) in [6.45, 7) is 9.79. The Balaban J connectivity index is 1.99. The highest BCUT2D eigenvalue weighted by molar-refractivity contribution is 5.86. The Morgan fingerprint density at radius 1 is 1.19 bits per heavy atom. The van der Waals surface area contributed by atoms with Gasteiger partial charge in [-0.2, -0.15) is 0 Å². The molecular weight excluding hydrogens is 456 g/mol. The Bertz CT molecular complexity index is 856. The third-order valence-corrected chi connectivity index (χ3v) is 6.61. The van der Waals surface area contributed by atoms with Crippen LogP contribution in [-0.2, 0) is 25.5 Å². The highest BCUT2D eigenvalue weighted by Crippen LogP contribution is 2.24. The average Bonchev–Trinajstić information content (AvgIpc) is 3.35. The molecule has 1 heterocycles. The number of rotatable bonds is 16. The maximum absolute atomic E-state index is 13.3. The number of esters is 1. The van der Waals surface area contributed by atoms with Crippen molar-refractivity contribution in [2.45, 2.75) is 70.4 Å². The van der Waals surface area contributed by atoms with Gasteiger partial charge >= 0.3 is 5.97 Å². The molecule has 1 aliphatic rings. The van der Waals surface area contributed by atoms with Crippen molar-refractivity contribution < 1.29 is 24.2 Å². The van der Waals surface area contributed by atoms with Gasteiger partial charge in [0.1, 0.15) is 6.61 Å². The molecule has 7 heteroatoms. The summed E-state index contributed by atoms with van der Waals surface area (Å²) < 4.78 is 5.77. The summed E-state index contributed by atoms with van der Waals surface area (Å²) in [5, 5.41) is 11.9. The summed E-state index contributed by atoms with van der Waals surface area (Å²) in [5.74, 6) is -1.41. The largest absolute Gasteiger partial charge is 0.463 e. The molecule has 198 valence electrons. The van der Waals surface area contributed by atoms with Crippen molar-refractivity contribution in [3.05, 3.63) is 61.2 Å². The summed E-state index contributed by atoms with van der Waals surface area (Å²) in [4.78, 5) is 40.5. The fourth-order valence-corrected chi connectivity index (χ4v) is 4.62. The lowest BCUT2D eigenvalue weighted by molar-refractivity contribution is -0.152. The number of ether oxygens (including phenoxy) is 1. The number of hydrogen-bond donors (Lipinski definition) is 2. The standard InChI is InChI=1S/C29H42N2O5/c1-4-6-8-15-25(18-23-13-9-7-10-14-23)29(35)36-21-26-16-11-17-31(26)28(34)24(12-5-2)19-27(33)30-22(3)20-32/h4-5,7,9-10,13-14,22,24-26,32H,1-2,6,8,11-12,15-21H2,3H3,(H,30,33)/t22-,24+,25+,26-/m0/s1. The van der Waals surface area contributed by atoms with E-state index in [0.717, 1.165) is 37.7 Å². The van der Waals surface area contributed by atoms with Gasteiger partial charge in [-0.05, 0) is 57.4 Å². The number of amides is 2. The molecule has 1 aromatic carbocycles. The number of hydrogen-bond acceptors (Lipinski definition) is 5. The fraction of sp³-hybridized carbons (Fsp3) is 0.552. The van der Waals surface area contributed by atoms with Crippen LogP contribution in [0.2, 0.25) is 0 Å². The van der Waals surface area contributed by atoms with E-state index in [9.17, 15) is 19.5 Å². The normalized spacial score (nSPS) is 17.6. The quantitative estimate of drug-likeness (QED) is 0.205. The number of likely N-dealkylation sites (tertiary alicyclic amines) is 1. The summed E-state index contributed by atoms with van der Waals surface area (Å²) in [6, 6.07) is 9.35. The summed E-state index contributed by atoms with van der Waals surface area (Å²) >= 11 is 0. The number of nitrogens with zero attached hydrogens (tertiary/aromatic N) is 1. The van der Waals surface area contributed by atoms with Gasteiger partial charge in [0.2, 0.25) is 11.8 Å². The van der Waals surface area contributed by atoms with E-state index in [2.05, 4.69) is 18.5 Å². The average molecular weight is 499 g/mol. The SMILES string of the molecule is C=CCCC[C@H](Cc1ccccc1)C(=O)OC[C@@H]1CCCN1C(=O)[C@H](CC=C)CC(=O)N[C@@H](C)CO. The molecule has 1 aromatic rings. The second-order valence-corrected chi connectivity index (χ2v) is 9.64. The lowest BCUT2D eigenvalue weighted by Gasteiger charge is -2.29. The van der Waals surface area contributed by atoms with Gasteiger partial charge in [0.25, 0.3) is 0 Å². The number of carbonyl (C=O) groups is 3. The number of aliphatic hydroxyl groups excluding tert-OH is 1.